The van der Waals surface area contributed by atoms with Crippen molar-refractivity contribution in [1.82, 2.24) is 4.98 Å². The Morgan fingerprint density at radius 1 is 1.44 bits per heavy atom. The Hall–Kier alpha value is -0.560. The molecule has 0 aliphatic rings. The van der Waals surface area contributed by atoms with Gasteiger partial charge < -0.3 is 5.11 Å². The third kappa shape index (κ3) is 2.98. The summed E-state index contributed by atoms with van der Waals surface area (Å²) in [6.45, 7) is -0.0332. The van der Waals surface area contributed by atoms with Gasteiger partial charge in [0.05, 0.1) is 22.9 Å². The molecule has 16 heavy (non-hydrogen) atoms. The molecular formula is C10H11NO2S3. The second-order valence-electron chi connectivity index (χ2n) is 3.13. The average Bonchev–Trinajstić information content (AvgIpc) is 2.86. The van der Waals surface area contributed by atoms with Crippen LogP contribution in [0.25, 0.3) is 9.88 Å². The number of hydrogen-bond donors (Lipinski definition) is 1. The first-order chi connectivity index (χ1) is 7.79. The molecule has 2 aromatic heterocycles. The summed E-state index contributed by atoms with van der Waals surface area (Å²) in [5, 5.41) is 13.6. The van der Waals surface area contributed by atoms with E-state index in [1.807, 2.05) is 22.9 Å². The number of nitrogens with zero attached hydrogens (tertiary/aromatic N) is 1. The molecule has 0 aromatic carbocycles. The minimum absolute atomic E-state index is 0.0332. The predicted molar refractivity (Wildman–Crippen MR) is 69.2 cm³/mol. The topological polar surface area (TPSA) is 50.2 Å². The van der Waals surface area contributed by atoms with E-state index >= 15 is 0 Å². The van der Waals surface area contributed by atoms with E-state index in [1.165, 1.54) is 0 Å². The summed E-state index contributed by atoms with van der Waals surface area (Å²) >= 11 is 3.22. The lowest BCUT2D eigenvalue weighted by atomic mass is 10.5. The Bertz CT molecular complexity index is 464. The van der Waals surface area contributed by atoms with Crippen molar-refractivity contribution in [3.8, 4) is 9.88 Å². The van der Waals surface area contributed by atoms with E-state index in [0.717, 1.165) is 15.6 Å². The average molecular weight is 273 g/mol. The molecule has 0 bridgehead atoms. The highest BCUT2D eigenvalue weighted by Crippen LogP contribution is 2.28. The summed E-state index contributed by atoms with van der Waals surface area (Å²) in [5.41, 5.74) is 0.847. The fraction of sp³-hybridized carbons (Fsp3) is 0.300. The van der Waals surface area contributed by atoms with E-state index < -0.39 is 10.8 Å². The second-order valence-corrected chi connectivity index (χ2v) is 6.52. The molecule has 0 radical (unpaired) electrons. The number of thiazole rings is 1. The van der Waals surface area contributed by atoms with Gasteiger partial charge in [-0.15, -0.1) is 22.7 Å². The van der Waals surface area contributed by atoms with Crippen molar-refractivity contribution in [3.05, 3.63) is 28.6 Å². The SMILES string of the molecule is O=S(CCO)Cc1csc(-c2cccs2)n1. The van der Waals surface area contributed by atoms with Crippen LogP contribution < -0.4 is 0 Å². The van der Waals surface area contributed by atoms with E-state index in [-0.39, 0.29) is 6.61 Å². The lowest BCUT2D eigenvalue weighted by Gasteiger charge is -1.95. The van der Waals surface area contributed by atoms with Gasteiger partial charge in [-0.3, -0.25) is 4.21 Å². The molecule has 86 valence electrons. The Morgan fingerprint density at radius 3 is 3.00 bits per heavy atom. The highest BCUT2D eigenvalue weighted by atomic mass is 32.2. The minimum Gasteiger partial charge on any atom is -0.395 e. The van der Waals surface area contributed by atoms with Crippen LogP contribution in [0.5, 0.6) is 0 Å². The fourth-order valence-electron chi connectivity index (χ4n) is 1.23. The molecule has 0 saturated carbocycles. The summed E-state index contributed by atoms with van der Waals surface area (Å²) in [6, 6.07) is 4.02. The van der Waals surface area contributed by atoms with Gasteiger partial charge in [0.25, 0.3) is 0 Å². The normalized spacial score (nSPS) is 12.8. The van der Waals surface area contributed by atoms with E-state index in [4.69, 9.17) is 5.11 Å². The van der Waals surface area contributed by atoms with Crippen LogP contribution in [-0.2, 0) is 16.6 Å². The quantitative estimate of drug-likeness (QED) is 0.907. The molecular weight excluding hydrogens is 262 g/mol. The van der Waals surface area contributed by atoms with Crippen molar-refractivity contribution in [2.45, 2.75) is 5.75 Å². The van der Waals surface area contributed by atoms with Crippen LogP contribution in [0, 0.1) is 0 Å². The second kappa shape index (κ2) is 5.67. The Kier molecular flexibility index (Phi) is 4.22. The lowest BCUT2D eigenvalue weighted by molar-refractivity contribution is 0.321. The van der Waals surface area contributed by atoms with Gasteiger partial charge in [-0.1, -0.05) is 6.07 Å². The van der Waals surface area contributed by atoms with Gasteiger partial charge in [0, 0.05) is 21.9 Å². The molecule has 2 heterocycles. The van der Waals surface area contributed by atoms with Gasteiger partial charge >= 0.3 is 0 Å². The minimum atomic E-state index is -1.01. The number of aromatic nitrogens is 1. The maximum Gasteiger partial charge on any atom is 0.133 e. The molecule has 1 unspecified atom stereocenters. The summed E-state index contributed by atoms with van der Waals surface area (Å²) in [6.07, 6.45) is 0. The first kappa shape index (κ1) is 11.9. The maximum absolute atomic E-state index is 11.4. The van der Waals surface area contributed by atoms with Crippen LogP contribution in [0.15, 0.2) is 22.9 Å². The van der Waals surface area contributed by atoms with Crippen molar-refractivity contribution < 1.29 is 9.32 Å². The lowest BCUT2D eigenvalue weighted by Crippen LogP contribution is -2.04. The van der Waals surface area contributed by atoms with Crippen molar-refractivity contribution in [3.63, 3.8) is 0 Å². The van der Waals surface area contributed by atoms with Crippen molar-refractivity contribution in [2.75, 3.05) is 12.4 Å². The van der Waals surface area contributed by atoms with Gasteiger partial charge in [0.2, 0.25) is 0 Å². The van der Waals surface area contributed by atoms with Gasteiger partial charge in [0.1, 0.15) is 5.01 Å². The Morgan fingerprint density at radius 2 is 2.31 bits per heavy atom. The molecule has 2 aromatic rings. The van der Waals surface area contributed by atoms with Gasteiger partial charge in [-0.25, -0.2) is 4.98 Å². The molecule has 1 atom stereocenters. The van der Waals surface area contributed by atoms with E-state index in [0.29, 0.717) is 11.5 Å². The van der Waals surface area contributed by atoms with Crippen LogP contribution in [0.3, 0.4) is 0 Å². The van der Waals surface area contributed by atoms with Crippen LogP contribution in [0.2, 0.25) is 0 Å². The zero-order valence-corrected chi connectivity index (χ0v) is 10.9. The smallest absolute Gasteiger partial charge is 0.133 e. The first-order valence-corrected chi connectivity index (χ1v) is 7.98. The molecule has 0 aliphatic carbocycles. The van der Waals surface area contributed by atoms with Crippen molar-refractivity contribution in [2.24, 2.45) is 0 Å². The van der Waals surface area contributed by atoms with Crippen LogP contribution in [-0.4, -0.2) is 26.7 Å². The number of rotatable bonds is 5. The molecule has 0 fully saturated rings. The van der Waals surface area contributed by atoms with Gasteiger partial charge in [0.15, 0.2) is 0 Å². The molecule has 0 aliphatic heterocycles. The van der Waals surface area contributed by atoms with Crippen LogP contribution >= 0.6 is 22.7 Å². The number of thiophene rings is 1. The fourth-order valence-corrected chi connectivity index (χ4v) is 3.79. The number of hydrogen-bond acceptors (Lipinski definition) is 5. The van der Waals surface area contributed by atoms with E-state index in [1.54, 1.807) is 22.7 Å². The van der Waals surface area contributed by atoms with Crippen molar-refractivity contribution >= 4 is 33.5 Å². The number of aliphatic hydroxyl groups excluding tert-OH is 1. The molecule has 3 nitrogen and oxygen atoms in total. The zero-order valence-electron chi connectivity index (χ0n) is 8.46. The predicted octanol–water partition coefficient (Wildman–Crippen LogP) is 2.11. The standard InChI is InChI=1S/C10H11NO2S3/c12-3-5-16(13)7-8-6-15-10(11-8)9-2-1-4-14-9/h1-2,4,6,12H,3,5,7H2. The van der Waals surface area contributed by atoms with E-state index in [2.05, 4.69) is 4.98 Å². The maximum atomic E-state index is 11.4. The van der Waals surface area contributed by atoms with Gasteiger partial charge in [-0.2, -0.15) is 0 Å². The van der Waals surface area contributed by atoms with E-state index in [9.17, 15) is 4.21 Å². The molecule has 0 spiro atoms. The third-order valence-electron chi connectivity index (χ3n) is 1.91. The Balaban J connectivity index is 2.06. The summed E-state index contributed by atoms with van der Waals surface area (Å²) in [5.74, 6) is 0.758. The molecule has 6 heteroatoms. The molecule has 0 saturated heterocycles. The van der Waals surface area contributed by atoms with Crippen molar-refractivity contribution in [1.29, 1.82) is 0 Å². The summed E-state index contributed by atoms with van der Waals surface area (Å²) in [7, 11) is -1.01. The summed E-state index contributed by atoms with van der Waals surface area (Å²) in [4.78, 5) is 5.57. The van der Waals surface area contributed by atoms with Crippen LogP contribution in [0.4, 0.5) is 0 Å². The third-order valence-corrected chi connectivity index (χ3v) is 5.10. The molecule has 0 amide bonds. The highest BCUT2D eigenvalue weighted by Gasteiger charge is 2.08. The van der Waals surface area contributed by atoms with Gasteiger partial charge in [-0.05, 0) is 11.4 Å². The first-order valence-electron chi connectivity index (χ1n) is 4.73. The Labute approximate surface area is 104 Å². The monoisotopic (exact) mass is 273 g/mol. The molecule has 1 N–H and O–H groups in total. The molecule has 2 rings (SSSR count). The highest BCUT2D eigenvalue weighted by molar-refractivity contribution is 7.84. The number of aliphatic hydroxyl groups is 1. The summed E-state index contributed by atoms with van der Waals surface area (Å²) < 4.78 is 11.4. The largest absolute Gasteiger partial charge is 0.395 e. The zero-order chi connectivity index (χ0) is 11.4. The van der Waals surface area contributed by atoms with Crippen LogP contribution in [0.1, 0.15) is 5.69 Å².